The van der Waals surface area contributed by atoms with Crippen LogP contribution in [0, 0.1) is 19.7 Å². The Balaban J connectivity index is 1.90. The first-order valence-electron chi connectivity index (χ1n) is 9.71. The summed E-state index contributed by atoms with van der Waals surface area (Å²) in [6.07, 6.45) is -0.953. The molecule has 0 radical (unpaired) electrons. The fourth-order valence-electron chi connectivity index (χ4n) is 2.95. The summed E-state index contributed by atoms with van der Waals surface area (Å²) in [6.45, 7) is 3.41. The number of carbonyl (C=O) groups excluding carboxylic acids is 3. The van der Waals surface area contributed by atoms with Crippen LogP contribution in [0.25, 0.3) is 0 Å². The molecule has 9 nitrogen and oxygen atoms in total. The molecule has 1 aromatic heterocycles. The number of halogens is 1. The highest BCUT2D eigenvalue weighted by atomic mass is 32.2. The minimum absolute atomic E-state index is 0.0174. The van der Waals surface area contributed by atoms with Crippen molar-refractivity contribution < 1.29 is 31.9 Å². The van der Waals surface area contributed by atoms with E-state index in [4.69, 9.17) is 0 Å². The number of para-hydroxylation sites is 1. The van der Waals surface area contributed by atoms with E-state index < -0.39 is 33.7 Å². The molecule has 0 spiro atoms. The number of methoxy groups -OCH3 is 1. The molecule has 0 fully saturated rings. The maximum absolute atomic E-state index is 13.2. The highest BCUT2D eigenvalue weighted by Gasteiger charge is 2.24. The molecular formula is C22H20FN3O6S2. The molecule has 3 N–H and O–H groups in total. The van der Waals surface area contributed by atoms with Gasteiger partial charge in [0.2, 0.25) is 0 Å². The van der Waals surface area contributed by atoms with Crippen molar-refractivity contribution in [2.45, 2.75) is 18.7 Å². The summed E-state index contributed by atoms with van der Waals surface area (Å²) < 4.78 is 45.4. The second kappa shape index (κ2) is 10.0. The van der Waals surface area contributed by atoms with Gasteiger partial charge in [-0.25, -0.2) is 17.6 Å². The molecule has 178 valence electrons. The highest BCUT2D eigenvalue weighted by molar-refractivity contribution is 7.92. The van der Waals surface area contributed by atoms with Crippen LogP contribution in [-0.2, 0) is 14.8 Å². The van der Waals surface area contributed by atoms with E-state index in [1.165, 1.54) is 18.2 Å². The molecule has 0 aliphatic carbocycles. The van der Waals surface area contributed by atoms with E-state index in [-0.39, 0.29) is 26.7 Å². The Kier molecular flexibility index (Phi) is 7.32. The molecule has 12 heteroatoms. The molecule has 1 heterocycles. The minimum Gasteiger partial charge on any atom is -0.453 e. The first-order valence-corrected chi connectivity index (χ1v) is 12.0. The quantitative estimate of drug-likeness (QED) is 0.463. The van der Waals surface area contributed by atoms with E-state index in [0.717, 1.165) is 47.6 Å². The van der Waals surface area contributed by atoms with Gasteiger partial charge in [-0.15, -0.1) is 11.3 Å². The number of imide groups is 1. The van der Waals surface area contributed by atoms with Crippen molar-refractivity contribution in [1.82, 2.24) is 5.32 Å². The number of benzene rings is 2. The lowest BCUT2D eigenvalue weighted by Crippen LogP contribution is -2.31. The number of aryl methyl sites for hydroxylation is 1. The van der Waals surface area contributed by atoms with Crippen molar-refractivity contribution in [3.05, 3.63) is 75.9 Å². The summed E-state index contributed by atoms with van der Waals surface area (Å²) in [5.41, 5.74) is 0.615. The Bertz CT molecular complexity index is 1370. The number of amides is 3. The molecule has 0 aliphatic rings. The van der Waals surface area contributed by atoms with Gasteiger partial charge in [0.1, 0.15) is 10.8 Å². The molecule has 0 unspecified atom stereocenters. The van der Waals surface area contributed by atoms with Crippen LogP contribution >= 0.6 is 11.3 Å². The molecule has 0 aliphatic heterocycles. The first-order chi connectivity index (χ1) is 16.0. The Morgan fingerprint density at radius 1 is 0.971 bits per heavy atom. The largest absolute Gasteiger partial charge is 0.453 e. The molecule has 3 aromatic rings. The Morgan fingerprint density at radius 3 is 2.26 bits per heavy atom. The zero-order valence-corrected chi connectivity index (χ0v) is 19.9. The van der Waals surface area contributed by atoms with E-state index in [1.807, 2.05) is 0 Å². The molecule has 0 saturated carbocycles. The molecule has 3 rings (SSSR count). The van der Waals surface area contributed by atoms with Crippen LogP contribution < -0.4 is 15.4 Å². The van der Waals surface area contributed by atoms with Gasteiger partial charge in [-0.1, -0.05) is 12.1 Å². The zero-order valence-electron chi connectivity index (χ0n) is 18.3. The van der Waals surface area contributed by atoms with Crippen molar-refractivity contribution in [3.8, 4) is 0 Å². The Labute approximate surface area is 199 Å². The Morgan fingerprint density at radius 2 is 1.62 bits per heavy atom. The zero-order chi connectivity index (χ0) is 25.0. The fraction of sp³-hybridized carbons (Fsp3) is 0.136. The standard InChI is InChI=1S/C22H20FN3O6S2/c1-12-13(2)33-21(18(12)20(28)25-22(29)32-3)24-19(27)16-6-4-5-7-17(16)26-34(30,31)15-10-8-14(23)9-11-15/h4-11,26H,1-3H3,(H,24,27)(H,25,28,29). The first kappa shape index (κ1) is 24.9. The summed E-state index contributed by atoms with van der Waals surface area (Å²) in [7, 11) is -3.00. The lowest BCUT2D eigenvalue weighted by atomic mass is 10.1. The summed E-state index contributed by atoms with van der Waals surface area (Å²) >= 11 is 1.13. The number of sulfonamides is 1. The van der Waals surface area contributed by atoms with Crippen LogP contribution in [0.15, 0.2) is 53.4 Å². The predicted octanol–water partition coefficient (Wildman–Crippen LogP) is 4.05. The SMILES string of the molecule is COC(=O)NC(=O)c1c(NC(=O)c2ccccc2NS(=O)(=O)c2ccc(F)cc2)sc(C)c1C. The van der Waals surface area contributed by atoms with Crippen LogP contribution in [0.2, 0.25) is 0 Å². The van der Waals surface area contributed by atoms with Gasteiger partial charge in [-0.2, -0.15) is 0 Å². The second-order valence-electron chi connectivity index (χ2n) is 6.99. The van der Waals surface area contributed by atoms with Gasteiger partial charge in [0, 0.05) is 4.88 Å². The lowest BCUT2D eigenvalue weighted by molar-refractivity contribution is 0.0937. The normalized spacial score (nSPS) is 10.9. The van der Waals surface area contributed by atoms with E-state index >= 15 is 0 Å². The van der Waals surface area contributed by atoms with Crippen LogP contribution in [-0.4, -0.2) is 33.4 Å². The molecular weight excluding hydrogens is 485 g/mol. The van der Waals surface area contributed by atoms with Crippen LogP contribution in [0.3, 0.4) is 0 Å². The van der Waals surface area contributed by atoms with Gasteiger partial charge < -0.3 is 10.1 Å². The third-order valence-corrected chi connectivity index (χ3v) is 7.28. The van der Waals surface area contributed by atoms with Crippen molar-refractivity contribution in [3.63, 3.8) is 0 Å². The van der Waals surface area contributed by atoms with Gasteiger partial charge in [0.05, 0.1) is 28.8 Å². The third-order valence-electron chi connectivity index (χ3n) is 4.78. The van der Waals surface area contributed by atoms with Crippen molar-refractivity contribution in [2.75, 3.05) is 17.1 Å². The average Bonchev–Trinajstić information content (AvgIpc) is 3.06. The number of anilines is 2. The van der Waals surface area contributed by atoms with E-state index in [0.29, 0.717) is 5.56 Å². The molecule has 3 amide bonds. The fourth-order valence-corrected chi connectivity index (χ4v) is 5.09. The van der Waals surface area contributed by atoms with E-state index in [2.05, 4.69) is 20.1 Å². The molecule has 0 bridgehead atoms. The maximum atomic E-state index is 13.2. The van der Waals surface area contributed by atoms with Gasteiger partial charge in [0.15, 0.2) is 0 Å². The second-order valence-corrected chi connectivity index (χ2v) is 9.90. The monoisotopic (exact) mass is 505 g/mol. The molecule has 0 saturated heterocycles. The van der Waals surface area contributed by atoms with Crippen molar-refractivity contribution in [1.29, 1.82) is 0 Å². The maximum Gasteiger partial charge on any atom is 0.413 e. The number of nitrogens with one attached hydrogen (secondary N) is 3. The van der Waals surface area contributed by atoms with Crippen LogP contribution in [0.1, 0.15) is 31.2 Å². The van der Waals surface area contributed by atoms with Gasteiger partial charge in [0.25, 0.3) is 21.8 Å². The number of hydrogen-bond donors (Lipinski definition) is 3. The summed E-state index contributed by atoms with van der Waals surface area (Å²) in [5, 5.41) is 4.85. The van der Waals surface area contributed by atoms with Crippen LogP contribution in [0.4, 0.5) is 19.9 Å². The third kappa shape index (κ3) is 5.41. The topological polar surface area (TPSA) is 131 Å². The number of thiophene rings is 1. The number of ether oxygens (including phenoxy) is 1. The van der Waals surface area contributed by atoms with Gasteiger partial charge in [-0.3, -0.25) is 19.6 Å². The van der Waals surface area contributed by atoms with E-state index in [9.17, 15) is 27.2 Å². The summed E-state index contributed by atoms with van der Waals surface area (Å²) in [5.74, 6) is -2.03. The highest BCUT2D eigenvalue weighted by Crippen LogP contribution is 2.33. The molecule has 0 atom stereocenters. The molecule has 2 aromatic carbocycles. The smallest absolute Gasteiger partial charge is 0.413 e. The summed E-state index contributed by atoms with van der Waals surface area (Å²) in [4.78, 5) is 37.6. The van der Waals surface area contributed by atoms with E-state index in [1.54, 1.807) is 19.9 Å². The van der Waals surface area contributed by atoms with Gasteiger partial charge in [-0.05, 0) is 55.8 Å². The summed E-state index contributed by atoms with van der Waals surface area (Å²) in [6, 6.07) is 10.1. The number of hydrogen-bond acceptors (Lipinski definition) is 7. The Hall–Kier alpha value is -3.77. The average molecular weight is 506 g/mol. The number of carbonyl (C=O) groups is 3. The molecule has 34 heavy (non-hydrogen) atoms. The number of alkyl carbamates (subject to hydrolysis) is 1. The van der Waals surface area contributed by atoms with Crippen molar-refractivity contribution >= 4 is 50.0 Å². The predicted molar refractivity (Wildman–Crippen MR) is 125 cm³/mol. The minimum atomic E-state index is -4.11. The van der Waals surface area contributed by atoms with Crippen molar-refractivity contribution in [2.24, 2.45) is 0 Å². The number of rotatable bonds is 6. The van der Waals surface area contributed by atoms with Crippen LogP contribution in [0.5, 0.6) is 0 Å². The lowest BCUT2D eigenvalue weighted by Gasteiger charge is -2.13. The van der Waals surface area contributed by atoms with Gasteiger partial charge >= 0.3 is 6.09 Å².